The van der Waals surface area contributed by atoms with Crippen molar-refractivity contribution in [3.05, 3.63) is 53.6 Å². The molecule has 2 unspecified atom stereocenters. The number of benzene rings is 1. The van der Waals surface area contributed by atoms with Crippen LogP contribution in [0, 0.1) is 45.8 Å². The van der Waals surface area contributed by atoms with E-state index in [2.05, 4.69) is 59.4 Å². The van der Waals surface area contributed by atoms with E-state index >= 15 is 0 Å². The summed E-state index contributed by atoms with van der Waals surface area (Å²) in [6.07, 6.45) is 12.9. The fourth-order valence-electron chi connectivity index (χ4n) is 11.9. The van der Waals surface area contributed by atoms with Crippen LogP contribution in [0.4, 0.5) is 0 Å². The third-order valence-electron chi connectivity index (χ3n) is 13.8. The number of ether oxygens (including phenoxy) is 1. The molecule has 40 heavy (non-hydrogen) atoms. The zero-order chi connectivity index (χ0) is 28.9. The Kier molecular flexibility index (Phi) is 6.38. The molecule has 0 radical (unpaired) electrons. The smallest absolute Gasteiger partial charge is 0.337 e. The number of fused-ring (bicyclic) bond motifs is 7. The Morgan fingerprint density at radius 3 is 2.27 bits per heavy atom. The van der Waals surface area contributed by atoms with Crippen LogP contribution in [0.15, 0.2) is 42.5 Å². The van der Waals surface area contributed by atoms with Gasteiger partial charge in [0.05, 0.1) is 12.7 Å². The van der Waals surface area contributed by atoms with Crippen LogP contribution in [0.5, 0.6) is 0 Å². The van der Waals surface area contributed by atoms with Crippen molar-refractivity contribution in [3.8, 4) is 0 Å². The number of carbonyl (C=O) groups excluding carboxylic acids is 1. The minimum Gasteiger partial charge on any atom is -0.465 e. The van der Waals surface area contributed by atoms with Crippen molar-refractivity contribution in [3.63, 3.8) is 0 Å². The molecule has 9 atom stereocenters. The Labute approximate surface area is 242 Å². The molecule has 0 bridgehead atoms. The Bertz CT molecular complexity index is 1250. The van der Waals surface area contributed by atoms with Crippen molar-refractivity contribution in [1.82, 2.24) is 0 Å². The molecule has 6 rings (SSSR count). The molecule has 5 aliphatic rings. The van der Waals surface area contributed by atoms with Gasteiger partial charge < -0.3 is 16.2 Å². The number of hydrogen-bond acceptors (Lipinski definition) is 4. The predicted molar refractivity (Wildman–Crippen MR) is 163 cm³/mol. The first kappa shape index (κ1) is 28.2. The van der Waals surface area contributed by atoms with Crippen LogP contribution in [0.25, 0.3) is 5.57 Å². The molecule has 0 saturated heterocycles. The molecule has 0 aliphatic heterocycles. The Morgan fingerprint density at radius 2 is 1.62 bits per heavy atom. The lowest BCUT2D eigenvalue weighted by atomic mass is 9.34. The van der Waals surface area contributed by atoms with Crippen molar-refractivity contribution < 1.29 is 9.53 Å². The summed E-state index contributed by atoms with van der Waals surface area (Å²) in [6, 6.07) is 8.03. The minimum absolute atomic E-state index is 0.0369. The largest absolute Gasteiger partial charge is 0.465 e. The first-order chi connectivity index (χ1) is 18.7. The van der Waals surface area contributed by atoms with Gasteiger partial charge in [0, 0.05) is 11.1 Å². The normalized spacial score (nSPS) is 45.3. The molecule has 4 nitrogen and oxygen atoms in total. The van der Waals surface area contributed by atoms with E-state index in [1.54, 1.807) is 0 Å². The van der Waals surface area contributed by atoms with Crippen LogP contribution in [0.2, 0.25) is 0 Å². The number of rotatable bonds is 3. The van der Waals surface area contributed by atoms with Gasteiger partial charge in [-0.25, -0.2) is 4.79 Å². The van der Waals surface area contributed by atoms with E-state index in [4.69, 9.17) is 16.2 Å². The second-order valence-corrected chi connectivity index (χ2v) is 15.7. The van der Waals surface area contributed by atoms with Gasteiger partial charge in [0.15, 0.2) is 0 Å². The van der Waals surface area contributed by atoms with Crippen LogP contribution in [0.1, 0.15) is 108 Å². The standard InChI is InChI=1S/C36H52N2O2/c1-22(2)25-14-19-35(37)20-21-36(38)27(30(25)35)12-13-29-33(5)17-15-26(23-8-10-24(11-9-23)31(39)40-7)32(3,4)28(33)16-18-34(29,36)6/h8-11,15,25,27-30H,1,12-14,16-21,37-38H2,2-7H3/t25?,27-,28+,29-,30-,33+,34-,35?,36+/m1/s1. The molecule has 1 aromatic rings. The Morgan fingerprint density at radius 1 is 0.925 bits per heavy atom. The predicted octanol–water partition coefficient (Wildman–Crippen LogP) is 7.53. The van der Waals surface area contributed by atoms with Crippen LogP contribution >= 0.6 is 0 Å². The van der Waals surface area contributed by atoms with E-state index in [0.29, 0.717) is 35.2 Å². The maximum Gasteiger partial charge on any atom is 0.337 e. The van der Waals surface area contributed by atoms with E-state index in [-0.39, 0.29) is 33.3 Å². The number of esters is 1. The summed E-state index contributed by atoms with van der Waals surface area (Å²) in [5, 5.41) is 0. The SMILES string of the molecule is C=C(C)C1CCC2(N)CC[C@]3(N)[C@H](CC[C@@H]4[C@@]5(C)CC=C(c6ccc(C(=O)OC)cc6)C(C)(C)[C@@H]5CC[C@]43C)[C@@H]12. The fraction of sp³-hybridized carbons (Fsp3) is 0.694. The number of carbonyl (C=O) groups is 1. The number of allylic oxidation sites excluding steroid dienone is 3. The highest BCUT2D eigenvalue weighted by molar-refractivity contribution is 5.89. The molecule has 0 amide bonds. The van der Waals surface area contributed by atoms with Crippen molar-refractivity contribution in [2.75, 3.05) is 7.11 Å². The van der Waals surface area contributed by atoms with Gasteiger partial charge in [-0.3, -0.25) is 0 Å². The van der Waals surface area contributed by atoms with Gasteiger partial charge in [-0.2, -0.15) is 0 Å². The quantitative estimate of drug-likeness (QED) is 0.305. The zero-order valence-corrected chi connectivity index (χ0v) is 25.8. The molecule has 5 aliphatic carbocycles. The van der Waals surface area contributed by atoms with Crippen molar-refractivity contribution in [1.29, 1.82) is 0 Å². The molecule has 4 fully saturated rings. The van der Waals surface area contributed by atoms with E-state index in [1.807, 2.05) is 12.1 Å². The first-order valence-corrected chi connectivity index (χ1v) is 15.9. The van der Waals surface area contributed by atoms with E-state index in [0.717, 1.165) is 25.7 Å². The van der Waals surface area contributed by atoms with Gasteiger partial charge in [0.2, 0.25) is 0 Å². The lowest BCUT2D eigenvalue weighted by Crippen LogP contribution is -2.74. The van der Waals surface area contributed by atoms with Crippen molar-refractivity contribution in [2.45, 2.75) is 103 Å². The van der Waals surface area contributed by atoms with Gasteiger partial charge in [-0.15, -0.1) is 0 Å². The monoisotopic (exact) mass is 544 g/mol. The van der Waals surface area contributed by atoms with Crippen LogP contribution < -0.4 is 11.5 Å². The second-order valence-electron chi connectivity index (χ2n) is 15.7. The van der Waals surface area contributed by atoms with E-state index < -0.39 is 0 Å². The number of nitrogens with two attached hydrogens (primary N) is 2. The summed E-state index contributed by atoms with van der Waals surface area (Å²) >= 11 is 0. The molecule has 4 saturated carbocycles. The molecule has 0 heterocycles. The average molecular weight is 545 g/mol. The second kappa shape index (κ2) is 9.04. The Hall–Kier alpha value is -1.91. The number of hydrogen-bond donors (Lipinski definition) is 2. The average Bonchev–Trinajstić information content (AvgIpc) is 3.26. The summed E-state index contributed by atoms with van der Waals surface area (Å²) in [5.41, 5.74) is 19.7. The topological polar surface area (TPSA) is 78.3 Å². The molecule has 4 N–H and O–H groups in total. The summed E-state index contributed by atoms with van der Waals surface area (Å²) in [4.78, 5) is 12.0. The highest BCUT2D eigenvalue weighted by Gasteiger charge is 2.70. The molecule has 4 heteroatoms. The number of methoxy groups -OCH3 is 1. The molecular weight excluding hydrogens is 492 g/mol. The van der Waals surface area contributed by atoms with E-state index in [1.165, 1.54) is 55.9 Å². The minimum atomic E-state index is -0.282. The van der Waals surface area contributed by atoms with Gasteiger partial charge >= 0.3 is 5.97 Å². The van der Waals surface area contributed by atoms with Gasteiger partial charge in [0.25, 0.3) is 0 Å². The summed E-state index contributed by atoms with van der Waals surface area (Å²) in [5.74, 6) is 2.41. The van der Waals surface area contributed by atoms with E-state index in [9.17, 15) is 4.79 Å². The van der Waals surface area contributed by atoms with Gasteiger partial charge in [0.1, 0.15) is 0 Å². The van der Waals surface area contributed by atoms with Gasteiger partial charge in [-0.1, -0.05) is 58.1 Å². The molecule has 218 valence electrons. The third-order valence-corrected chi connectivity index (χ3v) is 13.8. The highest BCUT2D eigenvalue weighted by Crippen LogP contribution is 2.73. The molecule has 1 aromatic carbocycles. The van der Waals surface area contributed by atoms with Crippen molar-refractivity contribution >= 4 is 11.5 Å². The third kappa shape index (κ3) is 3.60. The zero-order valence-electron chi connectivity index (χ0n) is 25.8. The van der Waals surface area contributed by atoms with Crippen molar-refractivity contribution in [2.24, 2.45) is 57.3 Å². The maximum absolute atomic E-state index is 12.0. The molecule has 0 spiro atoms. The van der Waals surface area contributed by atoms with Crippen LogP contribution in [0.3, 0.4) is 0 Å². The summed E-state index contributed by atoms with van der Waals surface area (Å²) < 4.78 is 4.92. The summed E-state index contributed by atoms with van der Waals surface area (Å²) in [7, 11) is 1.44. The molecular formula is C36H52N2O2. The maximum atomic E-state index is 12.0. The molecule has 0 aromatic heterocycles. The highest BCUT2D eigenvalue weighted by atomic mass is 16.5. The lowest BCUT2D eigenvalue weighted by molar-refractivity contribution is -0.184. The van der Waals surface area contributed by atoms with Gasteiger partial charge in [-0.05, 0) is 134 Å². The fourth-order valence-corrected chi connectivity index (χ4v) is 11.9. The lowest BCUT2D eigenvalue weighted by Gasteiger charge is -2.72. The van der Waals surface area contributed by atoms with Crippen LogP contribution in [-0.2, 0) is 4.74 Å². The summed E-state index contributed by atoms with van der Waals surface area (Å²) in [6.45, 7) is 16.7. The Balaban J connectivity index is 1.34. The van der Waals surface area contributed by atoms with Crippen LogP contribution in [-0.4, -0.2) is 24.2 Å². The first-order valence-electron chi connectivity index (χ1n) is 15.9.